The summed E-state index contributed by atoms with van der Waals surface area (Å²) in [6, 6.07) is 0. The molecule has 1 rings (SSSR count). The van der Waals surface area contributed by atoms with Crippen LogP contribution < -0.4 is 5.32 Å². The van der Waals surface area contributed by atoms with Crippen LogP contribution in [-0.2, 0) is 4.79 Å². The Bertz CT molecular complexity index is 185. The largest absolute Gasteiger partial charge is 0.354 e. The molecule has 0 aromatic carbocycles. The minimum absolute atomic E-state index is 0.145. The fourth-order valence-corrected chi connectivity index (χ4v) is 1.63. The molecule has 0 aromatic heterocycles. The molecule has 76 valence electrons. The summed E-state index contributed by atoms with van der Waals surface area (Å²) in [7, 11) is 5.98. The second kappa shape index (κ2) is 4.07. The third-order valence-corrected chi connectivity index (χ3v) is 2.85. The van der Waals surface area contributed by atoms with Crippen LogP contribution in [0.25, 0.3) is 0 Å². The van der Waals surface area contributed by atoms with E-state index in [0.29, 0.717) is 6.54 Å². The van der Waals surface area contributed by atoms with E-state index in [4.69, 9.17) is 0 Å². The second-order valence-electron chi connectivity index (χ2n) is 4.20. The summed E-state index contributed by atoms with van der Waals surface area (Å²) in [4.78, 5) is 13.5. The van der Waals surface area contributed by atoms with Crippen LogP contribution in [0.4, 0.5) is 0 Å². The summed E-state index contributed by atoms with van der Waals surface area (Å²) >= 11 is 0. The molecule has 1 aliphatic heterocycles. The number of nitrogens with zero attached hydrogens (tertiary/aromatic N) is 2. The highest BCUT2D eigenvalue weighted by atomic mass is 16.2. The maximum Gasteiger partial charge on any atom is 0.275 e. The zero-order valence-corrected chi connectivity index (χ0v) is 8.84. The first-order valence-corrected chi connectivity index (χ1v) is 4.78. The van der Waals surface area contributed by atoms with Gasteiger partial charge in [-0.25, -0.2) is 0 Å². The number of carbonyl (C=O) groups excluding carboxylic acids is 1. The molecule has 0 unspecified atom stereocenters. The molecule has 4 nitrogen and oxygen atoms in total. The van der Waals surface area contributed by atoms with E-state index in [9.17, 15) is 4.79 Å². The number of hydrogen-bond acceptors (Lipinski definition) is 2. The lowest BCUT2D eigenvalue weighted by atomic mass is 10.2. The molecule has 4 heteroatoms. The Hall–Kier alpha value is -0.610. The van der Waals surface area contributed by atoms with Crippen LogP contribution in [0, 0.1) is 0 Å². The van der Waals surface area contributed by atoms with Gasteiger partial charge in [0.05, 0.1) is 20.1 Å². The Kier molecular flexibility index (Phi) is 3.27. The molecular weight excluding hydrogens is 166 g/mol. The molecule has 0 aliphatic carbocycles. The Labute approximate surface area is 80.1 Å². The van der Waals surface area contributed by atoms with E-state index in [2.05, 4.69) is 24.3 Å². The summed E-state index contributed by atoms with van der Waals surface area (Å²) < 4.78 is 0.879. The van der Waals surface area contributed by atoms with Gasteiger partial charge in [-0.3, -0.25) is 9.69 Å². The van der Waals surface area contributed by atoms with Crippen molar-refractivity contribution < 1.29 is 9.28 Å². The number of nitrogens with one attached hydrogen (secondary N) is 1. The number of piperazine rings is 1. The summed E-state index contributed by atoms with van der Waals surface area (Å²) in [5.41, 5.74) is 0. The van der Waals surface area contributed by atoms with Crippen molar-refractivity contribution in [3.05, 3.63) is 0 Å². The van der Waals surface area contributed by atoms with Gasteiger partial charge in [0, 0.05) is 20.1 Å². The molecule has 0 aromatic rings. The third kappa shape index (κ3) is 2.97. The quantitative estimate of drug-likeness (QED) is 0.568. The van der Waals surface area contributed by atoms with Crippen LogP contribution in [0.15, 0.2) is 0 Å². The maximum absolute atomic E-state index is 11.2. The first-order valence-electron chi connectivity index (χ1n) is 4.78. The fraction of sp³-hybridized carbons (Fsp3) is 0.889. The summed E-state index contributed by atoms with van der Waals surface area (Å²) in [6.07, 6.45) is 0. The first-order chi connectivity index (χ1) is 6.06. The van der Waals surface area contributed by atoms with Crippen molar-refractivity contribution in [1.82, 2.24) is 10.2 Å². The van der Waals surface area contributed by atoms with Crippen LogP contribution in [0.1, 0.15) is 0 Å². The van der Waals surface area contributed by atoms with Crippen molar-refractivity contribution in [2.75, 3.05) is 53.9 Å². The maximum atomic E-state index is 11.2. The van der Waals surface area contributed by atoms with Crippen LogP contribution in [0.5, 0.6) is 0 Å². The lowest BCUT2D eigenvalue weighted by Crippen LogP contribution is -2.59. The molecule has 1 saturated heterocycles. The number of likely N-dealkylation sites (N-methyl/N-ethyl adjacent to an activating group) is 3. The third-order valence-electron chi connectivity index (χ3n) is 2.85. The number of carbonyl (C=O) groups is 1. The van der Waals surface area contributed by atoms with E-state index < -0.39 is 0 Å². The lowest BCUT2D eigenvalue weighted by molar-refractivity contribution is -0.906. The van der Waals surface area contributed by atoms with Crippen molar-refractivity contribution in [2.45, 2.75) is 0 Å². The van der Waals surface area contributed by atoms with Crippen molar-refractivity contribution >= 4 is 5.91 Å². The van der Waals surface area contributed by atoms with Gasteiger partial charge in [-0.1, -0.05) is 0 Å². The molecule has 1 amide bonds. The Morgan fingerprint density at radius 2 is 2.00 bits per heavy atom. The summed E-state index contributed by atoms with van der Waals surface area (Å²) in [5.74, 6) is 0.145. The number of rotatable bonds is 2. The van der Waals surface area contributed by atoms with E-state index in [1.807, 2.05) is 0 Å². The van der Waals surface area contributed by atoms with E-state index in [1.54, 1.807) is 7.05 Å². The minimum Gasteiger partial charge on any atom is -0.354 e. The fourth-order valence-electron chi connectivity index (χ4n) is 1.63. The molecule has 0 bridgehead atoms. The van der Waals surface area contributed by atoms with Crippen LogP contribution in [-0.4, -0.2) is 69.2 Å². The number of amides is 1. The highest BCUT2D eigenvalue weighted by Gasteiger charge is 2.28. The van der Waals surface area contributed by atoms with Gasteiger partial charge in [-0.05, 0) is 7.05 Å². The normalized spacial score (nSPS) is 22.7. The van der Waals surface area contributed by atoms with Gasteiger partial charge < -0.3 is 9.80 Å². The predicted octanol–water partition coefficient (Wildman–Crippen LogP) is -0.876. The van der Waals surface area contributed by atoms with Crippen molar-refractivity contribution in [2.24, 2.45) is 0 Å². The van der Waals surface area contributed by atoms with Crippen molar-refractivity contribution in [3.8, 4) is 0 Å². The molecule has 1 N–H and O–H groups in total. The highest BCUT2D eigenvalue weighted by molar-refractivity contribution is 5.76. The van der Waals surface area contributed by atoms with Gasteiger partial charge in [0.1, 0.15) is 0 Å². The second-order valence-corrected chi connectivity index (χ2v) is 4.20. The molecule has 13 heavy (non-hydrogen) atoms. The molecule has 1 heterocycles. The minimum atomic E-state index is 0.145. The van der Waals surface area contributed by atoms with Gasteiger partial charge >= 0.3 is 0 Å². The Morgan fingerprint density at radius 3 is 2.46 bits per heavy atom. The standard InChI is InChI=1S/C9H19N3O/c1-10-9(13)8-12(3)6-4-11(2)5-7-12/h4-8H2,1-3H3/p+1. The van der Waals surface area contributed by atoms with Gasteiger partial charge in [-0.2, -0.15) is 0 Å². The van der Waals surface area contributed by atoms with E-state index in [0.717, 1.165) is 30.7 Å². The van der Waals surface area contributed by atoms with Gasteiger partial charge in [0.15, 0.2) is 6.54 Å². The molecule has 1 aliphatic rings. The van der Waals surface area contributed by atoms with Crippen molar-refractivity contribution in [1.29, 1.82) is 0 Å². The van der Waals surface area contributed by atoms with E-state index >= 15 is 0 Å². The Balaban J connectivity index is 2.43. The number of quaternary nitrogens is 1. The molecule has 0 saturated carbocycles. The molecule has 0 atom stereocenters. The predicted molar refractivity (Wildman–Crippen MR) is 52.3 cm³/mol. The van der Waals surface area contributed by atoms with Crippen LogP contribution >= 0.6 is 0 Å². The van der Waals surface area contributed by atoms with E-state index in [-0.39, 0.29) is 5.91 Å². The molecule has 1 fully saturated rings. The van der Waals surface area contributed by atoms with Crippen LogP contribution in [0.2, 0.25) is 0 Å². The van der Waals surface area contributed by atoms with Gasteiger partial charge in [0.2, 0.25) is 0 Å². The SMILES string of the molecule is CNC(=O)C[N+]1(C)CCN(C)CC1. The lowest BCUT2D eigenvalue weighted by Gasteiger charge is -2.40. The van der Waals surface area contributed by atoms with Gasteiger partial charge in [0.25, 0.3) is 5.91 Å². The average Bonchev–Trinajstić information content (AvgIpc) is 2.10. The zero-order chi connectivity index (χ0) is 9.90. The smallest absolute Gasteiger partial charge is 0.275 e. The molecule has 0 spiro atoms. The molecule has 0 radical (unpaired) electrons. The van der Waals surface area contributed by atoms with Crippen LogP contribution in [0.3, 0.4) is 0 Å². The first kappa shape index (κ1) is 10.5. The van der Waals surface area contributed by atoms with Gasteiger partial charge in [-0.15, -0.1) is 0 Å². The monoisotopic (exact) mass is 186 g/mol. The average molecular weight is 186 g/mol. The topological polar surface area (TPSA) is 32.3 Å². The summed E-state index contributed by atoms with van der Waals surface area (Å²) in [6.45, 7) is 4.94. The summed E-state index contributed by atoms with van der Waals surface area (Å²) in [5, 5.41) is 2.68. The van der Waals surface area contributed by atoms with Crippen molar-refractivity contribution in [3.63, 3.8) is 0 Å². The zero-order valence-electron chi connectivity index (χ0n) is 8.84. The Morgan fingerprint density at radius 1 is 1.46 bits per heavy atom. The highest BCUT2D eigenvalue weighted by Crippen LogP contribution is 2.07. The van der Waals surface area contributed by atoms with E-state index in [1.165, 1.54) is 0 Å². The number of hydrogen-bond donors (Lipinski definition) is 1. The molecular formula is C9H20N3O+.